The Hall–Kier alpha value is -2.61. The summed E-state index contributed by atoms with van der Waals surface area (Å²) in [4.78, 5) is 26.5. The molecule has 0 aliphatic rings. The van der Waals surface area contributed by atoms with Crippen LogP contribution in [0.5, 0.6) is 0 Å². The molecule has 0 spiro atoms. The molecule has 2 rings (SSSR count). The number of carbonyl (C=O) groups excluding carboxylic acids is 2. The summed E-state index contributed by atoms with van der Waals surface area (Å²) >= 11 is 1.32. The van der Waals surface area contributed by atoms with Gasteiger partial charge in [-0.15, -0.1) is 16.8 Å². The van der Waals surface area contributed by atoms with Crippen LogP contribution in [0.3, 0.4) is 0 Å². The van der Waals surface area contributed by atoms with Crippen molar-refractivity contribution >= 4 is 29.3 Å². The van der Waals surface area contributed by atoms with Crippen LogP contribution in [-0.2, 0) is 22.6 Å². The zero-order valence-corrected chi connectivity index (χ0v) is 17.6. The fourth-order valence-electron chi connectivity index (χ4n) is 2.74. The molecule has 2 aromatic rings. The molecule has 0 fully saturated rings. The number of hydrogen-bond acceptors (Lipinski definition) is 5. The average Bonchev–Trinajstić information content (AvgIpc) is 3.01. The Morgan fingerprint density at radius 3 is 2.75 bits per heavy atom. The first-order chi connectivity index (χ1) is 13.4. The van der Waals surface area contributed by atoms with Gasteiger partial charge in [0.2, 0.25) is 11.8 Å². The number of aryl methyl sites for hydroxylation is 2. The molecule has 2 amide bonds. The highest BCUT2D eigenvalue weighted by Gasteiger charge is 2.23. The van der Waals surface area contributed by atoms with Crippen LogP contribution in [0.15, 0.2) is 42.1 Å². The second-order valence-electron chi connectivity index (χ2n) is 6.44. The van der Waals surface area contributed by atoms with Crippen LogP contribution in [0.25, 0.3) is 0 Å². The van der Waals surface area contributed by atoms with Crippen molar-refractivity contribution in [2.24, 2.45) is 0 Å². The molecule has 0 aliphatic carbocycles. The summed E-state index contributed by atoms with van der Waals surface area (Å²) in [5, 5.41) is 11.3. The van der Waals surface area contributed by atoms with Gasteiger partial charge in [-0.1, -0.05) is 43.0 Å². The summed E-state index contributed by atoms with van der Waals surface area (Å²) in [7, 11) is 1.63. The Labute approximate surface area is 170 Å². The van der Waals surface area contributed by atoms with Gasteiger partial charge in [-0.05, 0) is 31.9 Å². The Bertz CT molecular complexity index is 849. The minimum Gasteiger partial charge on any atom is -0.335 e. The minimum atomic E-state index is -0.395. The van der Waals surface area contributed by atoms with Gasteiger partial charge < -0.3 is 14.8 Å². The van der Waals surface area contributed by atoms with Gasteiger partial charge in [-0.3, -0.25) is 9.59 Å². The van der Waals surface area contributed by atoms with Crippen LogP contribution < -0.4 is 5.32 Å². The molecule has 0 saturated heterocycles. The van der Waals surface area contributed by atoms with Crippen molar-refractivity contribution in [3.63, 3.8) is 0 Å². The van der Waals surface area contributed by atoms with Crippen LogP contribution in [0.2, 0.25) is 0 Å². The summed E-state index contributed by atoms with van der Waals surface area (Å²) in [6.45, 7) is 10.00. The third kappa shape index (κ3) is 5.45. The SMILES string of the molecule is C=CCn1c(C)nnc1SC(C)C(=O)N(C)CC(=O)Nc1ccccc1CC. The number of likely N-dealkylation sites (N-methyl/N-ethyl adjacent to an activating group) is 1. The van der Waals surface area contributed by atoms with Crippen molar-refractivity contribution in [2.75, 3.05) is 18.9 Å². The topological polar surface area (TPSA) is 80.1 Å². The summed E-state index contributed by atoms with van der Waals surface area (Å²) in [5.41, 5.74) is 1.84. The van der Waals surface area contributed by atoms with Gasteiger partial charge in [-0.2, -0.15) is 0 Å². The average molecular weight is 402 g/mol. The maximum atomic E-state index is 12.7. The molecular formula is C20H27N5O2S. The fourth-order valence-corrected chi connectivity index (χ4v) is 3.76. The summed E-state index contributed by atoms with van der Waals surface area (Å²) in [6.07, 6.45) is 2.58. The Balaban J connectivity index is 1.96. The van der Waals surface area contributed by atoms with Crippen LogP contribution >= 0.6 is 11.8 Å². The Morgan fingerprint density at radius 2 is 2.07 bits per heavy atom. The van der Waals surface area contributed by atoms with Gasteiger partial charge in [-0.25, -0.2) is 0 Å². The molecule has 150 valence electrons. The van der Waals surface area contributed by atoms with E-state index in [9.17, 15) is 9.59 Å². The lowest BCUT2D eigenvalue weighted by Crippen LogP contribution is -2.39. The zero-order chi connectivity index (χ0) is 20.7. The van der Waals surface area contributed by atoms with Crippen molar-refractivity contribution in [1.29, 1.82) is 0 Å². The third-order valence-corrected chi connectivity index (χ3v) is 5.34. The number of para-hydroxylation sites is 1. The number of nitrogens with zero attached hydrogens (tertiary/aromatic N) is 4. The van der Waals surface area contributed by atoms with E-state index >= 15 is 0 Å². The summed E-state index contributed by atoms with van der Waals surface area (Å²) in [6, 6.07) is 7.66. The standard InChI is InChI=1S/C20H27N5O2S/c1-6-12-25-15(4)22-23-20(25)28-14(3)19(27)24(5)13-18(26)21-17-11-9-8-10-16(17)7-2/h6,8-11,14H,1,7,12-13H2,2-5H3,(H,21,26). The summed E-state index contributed by atoms with van der Waals surface area (Å²) < 4.78 is 1.90. The zero-order valence-electron chi connectivity index (χ0n) is 16.8. The Morgan fingerprint density at radius 1 is 1.36 bits per heavy atom. The number of allylic oxidation sites excluding steroid dienone is 1. The van der Waals surface area contributed by atoms with Crippen molar-refractivity contribution < 1.29 is 9.59 Å². The predicted molar refractivity (Wildman–Crippen MR) is 112 cm³/mol. The number of rotatable bonds is 9. The minimum absolute atomic E-state index is 0.0137. The highest BCUT2D eigenvalue weighted by Crippen LogP contribution is 2.23. The largest absolute Gasteiger partial charge is 0.335 e. The number of benzene rings is 1. The number of hydrogen-bond donors (Lipinski definition) is 1. The molecule has 1 heterocycles. The van der Waals surface area contributed by atoms with Crippen molar-refractivity contribution in [1.82, 2.24) is 19.7 Å². The fraction of sp³-hybridized carbons (Fsp3) is 0.400. The number of aromatic nitrogens is 3. The second-order valence-corrected chi connectivity index (χ2v) is 7.75. The molecular weight excluding hydrogens is 374 g/mol. The van der Waals surface area contributed by atoms with E-state index in [0.717, 1.165) is 23.5 Å². The number of amides is 2. The number of anilines is 1. The molecule has 0 radical (unpaired) electrons. The normalized spacial score (nSPS) is 11.7. The molecule has 1 aromatic heterocycles. The van der Waals surface area contributed by atoms with Crippen molar-refractivity contribution in [3.8, 4) is 0 Å². The van der Waals surface area contributed by atoms with E-state index in [2.05, 4.69) is 22.1 Å². The lowest BCUT2D eigenvalue weighted by molar-refractivity contribution is -0.132. The molecule has 1 atom stereocenters. The monoisotopic (exact) mass is 401 g/mol. The molecule has 1 unspecified atom stereocenters. The van der Waals surface area contributed by atoms with E-state index in [0.29, 0.717) is 11.7 Å². The lowest BCUT2D eigenvalue weighted by Gasteiger charge is -2.21. The van der Waals surface area contributed by atoms with E-state index in [1.165, 1.54) is 16.7 Å². The maximum Gasteiger partial charge on any atom is 0.243 e. The predicted octanol–water partition coefficient (Wildman–Crippen LogP) is 2.91. The van der Waals surface area contributed by atoms with Crippen molar-refractivity contribution in [3.05, 3.63) is 48.3 Å². The quantitative estimate of drug-likeness (QED) is 0.516. The van der Waals surface area contributed by atoms with Crippen LogP contribution in [-0.4, -0.2) is 50.3 Å². The number of carbonyl (C=O) groups is 2. The second kappa shape index (κ2) is 10.1. The first-order valence-corrected chi connectivity index (χ1v) is 10.0. The molecule has 0 saturated carbocycles. The molecule has 1 aromatic carbocycles. The first-order valence-electron chi connectivity index (χ1n) is 9.17. The smallest absolute Gasteiger partial charge is 0.243 e. The van der Waals surface area contributed by atoms with Gasteiger partial charge in [0.05, 0.1) is 11.8 Å². The van der Waals surface area contributed by atoms with Crippen LogP contribution in [0.4, 0.5) is 5.69 Å². The molecule has 8 heteroatoms. The number of nitrogens with one attached hydrogen (secondary N) is 1. The van der Waals surface area contributed by atoms with Gasteiger partial charge in [0.25, 0.3) is 0 Å². The molecule has 0 bridgehead atoms. The molecule has 28 heavy (non-hydrogen) atoms. The third-order valence-electron chi connectivity index (χ3n) is 4.27. The van der Waals surface area contributed by atoms with E-state index in [4.69, 9.17) is 0 Å². The van der Waals surface area contributed by atoms with E-state index in [1.54, 1.807) is 20.0 Å². The lowest BCUT2D eigenvalue weighted by atomic mass is 10.1. The molecule has 7 nitrogen and oxygen atoms in total. The highest BCUT2D eigenvalue weighted by molar-refractivity contribution is 8.00. The van der Waals surface area contributed by atoms with Gasteiger partial charge in [0, 0.05) is 19.3 Å². The highest BCUT2D eigenvalue weighted by atomic mass is 32.2. The maximum absolute atomic E-state index is 12.7. The van der Waals surface area contributed by atoms with E-state index in [1.807, 2.05) is 42.7 Å². The summed E-state index contributed by atoms with van der Waals surface area (Å²) in [5.74, 6) is 0.402. The molecule has 0 aliphatic heterocycles. The Kier molecular flexibility index (Phi) is 7.80. The first kappa shape index (κ1) is 21.7. The van der Waals surface area contributed by atoms with Crippen molar-refractivity contribution in [2.45, 2.75) is 44.1 Å². The van der Waals surface area contributed by atoms with Gasteiger partial charge in [0.15, 0.2) is 5.16 Å². The van der Waals surface area contributed by atoms with Crippen LogP contribution in [0.1, 0.15) is 25.2 Å². The van der Waals surface area contributed by atoms with Gasteiger partial charge in [0.1, 0.15) is 5.82 Å². The van der Waals surface area contributed by atoms with Gasteiger partial charge >= 0.3 is 0 Å². The van der Waals surface area contributed by atoms with E-state index < -0.39 is 5.25 Å². The number of thioether (sulfide) groups is 1. The van der Waals surface area contributed by atoms with Crippen LogP contribution in [0, 0.1) is 6.92 Å². The van der Waals surface area contributed by atoms with E-state index in [-0.39, 0.29) is 18.4 Å². The molecule has 1 N–H and O–H groups in total.